The number of esters is 3. The van der Waals surface area contributed by atoms with Gasteiger partial charge in [0.15, 0.2) is 6.10 Å². The third kappa shape index (κ3) is 53.2. The van der Waals surface area contributed by atoms with Gasteiger partial charge in [0.05, 0.1) is 0 Å². The Morgan fingerprint density at radius 3 is 0.754 bits per heavy atom. The second-order valence-electron chi connectivity index (χ2n) is 21.2. The van der Waals surface area contributed by atoms with Crippen LogP contribution in [0.1, 0.15) is 330 Å². The summed E-state index contributed by atoms with van der Waals surface area (Å²) < 4.78 is 16.8. The molecule has 0 fully saturated rings. The van der Waals surface area contributed by atoms with Crippen molar-refractivity contribution in [1.29, 1.82) is 0 Å². The van der Waals surface area contributed by atoms with Gasteiger partial charge in [-0.15, -0.1) is 0 Å². The van der Waals surface area contributed by atoms with Crippen molar-refractivity contribution in [3.8, 4) is 0 Å². The summed E-state index contributed by atoms with van der Waals surface area (Å²) in [6.07, 6.45) is 55.5. The fraction of sp³-hybridized carbons (Fsp3) is 0.949. The lowest BCUT2D eigenvalue weighted by molar-refractivity contribution is -0.167. The van der Waals surface area contributed by atoms with Crippen LogP contribution in [0.4, 0.5) is 0 Å². The Morgan fingerprint density at radius 1 is 0.292 bits per heavy atom. The lowest BCUT2D eigenvalue weighted by Crippen LogP contribution is -2.30. The molecule has 0 unspecified atom stereocenters. The van der Waals surface area contributed by atoms with Crippen LogP contribution in [-0.2, 0) is 28.6 Å². The fourth-order valence-electron chi connectivity index (χ4n) is 9.05. The van der Waals surface area contributed by atoms with Gasteiger partial charge in [0, 0.05) is 19.3 Å². The Balaban J connectivity index is 4.07. The minimum Gasteiger partial charge on any atom is -0.462 e. The molecule has 6 nitrogen and oxygen atoms in total. The average Bonchev–Trinajstić information content (AvgIpc) is 3.28. The van der Waals surface area contributed by atoms with Crippen molar-refractivity contribution in [2.75, 3.05) is 13.2 Å². The summed E-state index contributed by atoms with van der Waals surface area (Å²) in [5.41, 5.74) is 0. The Hall–Kier alpha value is -1.59. The molecule has 0 bridgehead atoms. The monoisotopic (exact) mass is 919 g/mol. The smallest absolute Gasteiger partial charge is 0.306 e. The second kappa shape index (κ2) is 51.8. The number of rotatable bonds is 53. The molecule has 0 amide bonds. The van der Waals surface area contributed by atoms with E-state index in [1.165, 1.54) is 218 Å². The van der Waals surface area contributed by atoms with Crippen LogP contribution in [0.2, 0.25) is 0 Å². The van der Waals surface area contributed by atoms with Crippen LogP contribution in [0, 0.1) is 11.8 Å². The minimum absolute atomic E-state index is 0.0633. The highest BCUT2D eigenvalue weighted by Gasteiger charge is 2.19. The van der Waals surface area contributed by atoms with Crippen molar-refractivity contribution < 1.29 is 28.6 Å². The van der Waals surface area contributed by atoms with Crippen molar-refractivity contribution in [2.45, 2.75) is 336 Å². The first-order chi connectivity index (χ1) is 31.7. The quantitative estimate of drug-likeness (QED) is 0.0344. The van der Waals surface area contributed by atoms with Gasteiger partial charge < -0.3 is 14.2 Å². The van der Waals surface area contributed by atoms with Crippen LogP contribution in [0.15, 0.2) is 0 Å². The van der Waals surface area contributed by atoms with Crippen LogP contribution in [0.3, 0.4) is 0 Å². The van der Waals surface area contributed by atoms with E-state index in [4.69, 9.17) is 14.2 Å². The van der Waals surface area contributed by atoms with Gasteiger partial charge in [0.2, 0.25) is 0 Å². The molecule has 0 saturated carbocycles. The van der Waals surface area contributed by atoms with Crippen molar-refractivity contribution >= 4 is 17.9 Å². The van der Waals surface area contributed by atoms with Gasteiger partial charge in [-0.25, -0.2) is 0 Å². The Kier molecular flexibility index (Phi) is 50.5. The first-order valence-corrected chi connectivity index (χ1v) is 29.2. The molecule has 6 heteroatoms. The molecule has 0 aliphatic carbocycles. The average molecular weight is 920 g/mol. The van der Waals surface area contributed by atoms with E-state index in [-0.39, 0.29) is 31.1 Å². The van der Waals surface area contributed by atoms with Gasteiger partial charge in [-0.3, -0.25) is 14.4 Å². The number of hydrogen-bond acceptors (Lipinski definition) is 6. The maximum absolute atomic E-state index is 12.7. The van der Waals surface area contributed by atoms with Crippen molar-refractivity contribution in [3.63, 3.8) is 0 Å². The molecule has 0 rings (SSSR count). The van der Waals surface area contributed by atoms with Crippen LogP contribution in [-0.4, -0.2) is 37.2 Å². The summed E-state index contributed by atoms with van der Waals surface area (Å²) in [6.45, 7) is 11.4. The summed E-state index contributed by atoms with van der Waals surface area (Å²) in [6, 6.07) is 0. The van der Waals surface area contributed by atoms with Gasteiger partial charge in [-0.05, 0) is 31.1 Å². The van der Waals surface area contributed by atoms with E-state index < -0.39 is 6.10 Å². The van der Waals surface area contributed by atoms with Crippen LogP contribution in [0.5, 0.6) is 0 Å². The highest BCUT2D eigenvalue weighted by molar-refractivity contribution is 5.71. The number of carbonyl (C=O) groups is 3. The molecule has 386 valence electrons. The fourth-order valence-corrected chi connectivity index (χ4v) is 9.05. The van der Waals surface area contributed by atoms with Gasteiger partial charge in [-0.2, -0.15) is 0 Å². The molecule has 0 saturated heterocycles. The third-order valence-corrected chi connectivity index (χ3v) is 13.5. The molecule has 0 aliphatic rings. The zero-order chi connectivity index (χ0) is 47.5. The standard InChI is InChI=1S/C59H114O6/c1-6-7-8-9-32-41-46-51-59(62)65-56(53-64-58(61)50-45-40-36-31-27-23-19-15-14-17-21-25-29-34-38-43-48-55(4)5)52-63-57(60)49-44-39-35-30-26-22-18-13-11-10-12-16-20-24-28-33-37-42-47-54(2)3/h54-56H,6-53H2,1-5H3/t56-/m1/s1. The normalized spacial score (nSPS) is 12.0. The van der Waals surface area contributed by atoms with Gasteiger partial charge in [0.1, 0.15) is 13.2 Å². The molecule has 0 heterocycles. The van der Waals surface area contributed by atoms with E-state index >= 15 is 0 Å². The van der Waals surface area contributed by atoms with Crippen LogP contribution in [0.25, 0.3) is 0 Å². The largest absolute Gasteiger partial charge is 0.462 e. The molecule has 0 spiro atoms. The van der Waals surface area contributed by atoms with E-state index in [9.17, 15) is 14.4 Å². The number of ether oxygens (including phenoxy) is 3. The SMILES string of the molecule is CCCCCCCCCC(=O)O[C@H](COC(=O)CCCCCCCCCCCCCCCCCCCCC(C)C)COC(=O)CCCCCCCCCCCCCCCCCCC(C)C. The van der Waals surface area contributed by atoms with E-state index in [0.29, 0.717) is 19.3 Å². The Morgan fingerprint density at radius 2 is 0.508 bits per heavy atom. The second-order valence-corrected chi connectivity index (χ2v) is 21.2. The molecule has 65 heavy (non-hydrogen) atoms. The van der Waals surface area contributed by atoms with Crippen LogP contribution < -0.4 is 0 Å². The summed E-state index contributed by atoms with van der Waals surface area (Å²) in [5.74, 6) is 0.866. The Bertz CT molecular complexity index is 993. The van der Waals surface area contributed by atoms with E-state index in [1.54, 1.807) is 0 Å². The number of carbonyl (C=O) groups excluding carboxylic acids is 3. The Labute approximate surface area is 406 Å². The highest BCUT2D eigenvalue weighted by Crippen LogP contribution is 2.18. The molecule has 0 radical (unpaired) electrons. The molecule has 0 aromatic carbocycles. The van der Waals surface area contributed by atoms with Crippen LogP contribution >= 0.6 is 0 Å². The zero-order valence-corrected chi connectivity index (χ0v) is 44.6. The van der Waals surface area contributed by atoms with Gasteiger partial charge in [0.25, 0.3) is 0 Å². The molecule has 0 aliphatic heterocycles. The van der Waals surface area contributed by atoms with Crippen molar-refractivity contribution in [3.05, 3.63) is 0 Å². The first-order valence-electron chi connectivity index (χ1n) is 29.2. The van der Waals surface area contributed by atoms with Crippen molar-refractivity contribution in [2.24, 2.45) is 11.8 Å². The number of unbranched alkanes of at least 4 members (excludes halogenated alkanes) is 38. The lowest BCUT2D eigenvalue weighted by Gasteiger charge is -2.18. The number of hydrogen-bond donors (Lipinski definition) is 0. The summed E-state index contributed by atoms with van der Waals surface area (Å²) in [5, 5.41) is 0. The van der Waals surface area contributed by atoms with Gasteiger partial charge in [-0.1, -0.05) is 291 Å². The highest BCUT2D eigenvalue weighted by atomic mass is 16.6. The topological polar surface area (TPSA) is 78.9 Å². The molecular weight excluding hydrogens is 805 g/mol. The summed E-state index contributed by atoms with van der Waals surface area (Å²) in [7, 11) is 0. The predicted octanol–water partition coefficient (Wildman–Crippen LogP) is 19.3. The molecule has 0 aromatic rings. The summed E-state index contributed by atoms with van der Waals surface area (Å²) in [4.78, 5) is 37.9. The first kappa shape index (κ1) is 63.4. The maximum Gasteiger partial charge on any atom is 0.306 e. The molecule has 0 aromatic heterocycles. The van der Waals surface area contributed by atoms with E-state index in [0.717, 1.165) is 69.6 Å². The zero-order valence-electron chi connectivity index (χ0n) is 44.6. The van der Waals surface area contributed by atoms with Gasteiger partial charge >= 0.3 is 17.9 Å². The lowest BCUT2D eigenvalue weighted by atomic mass is 10.0. The summed E-state index contributed by atoms with van der Waals surface area (Å²) >= 11 is 0. The molecular formula is C59H114O6. The predicted molar refractivity (Wildman–Crippen MR) is 280 cm³/mol. The van der Waals surface area contributed by atoms with E-state index in [1.807, 2.05) is 0 Å². The minimum atomic E-state index is -0.761. The van der Waals surface area contributed by atoms with E-state index in [2.05, 4.69) is 34.6 Å². The maximum atomic E-state index is 12.7. The third-order valence-electron chi connectivity index (χ3n) is 13.5. The molecule has 1 atom stereocenters. The van der Waals surface area contributed by atoms with Crippen molar-refractivity contribution in [1.82, 2.24) is 0 Å². The molecule has 0 N–H and O–H groups in total.